The van der Waals surface area contributed by atoms with Crippen molar-refractivity contribution in [3.05, 3.63) is 29.6 Å². The third kappa shape index (κ3) is 3.51. The van der Waals surface area contributed by atoms with Gasteiger partial charge in [0, 0.05) is 24.8 Å². The molecule has 1 unspecified atom stereocenters. The van der Waals surface area contributed by atoms with Gasteiger partial charge in [-0.15, -0.1) is 0 Å². The molecule has 0 bridgehead atoms. The van der Waals surface area contributed by atoms with E-state index in [0.29, 0.717) is 6.04 Å². The number of nitrogens with two attached hydrogens (primary N) is 1. The van der Waals surface area contributed by atoms with E-state index in [0.717, 1.165) is 25.3 Å². The summed E-state index contributed by atoms with van der Waals surface area (Å²) in [5.74, 6) is 0. The first-order chi connectivity index (χ1) is 8.29. The van der Waals surface area contributed by atoms with Gasteiger partial charge in [0.05, 0.1) is 5.69 Å². The van der Waals surface area contributed by atoms with Crippen molar-refractivity contribution in [1.29, 1.82) is 0 Å². The summed E-state index contributed by atoms with van der Waals surface area (Å²) in [7, 11) is 0. The molecule has 1 aromatic rings. The summed E-state index contributed by atoms with van der Waals surface area (Å²) in [4.78, 5) is 7.09. The van der Waals surface area contributed by atoms with E-state index in [1.807, 2.05) is 13.0 Å². The van der Waals surface area contributed by atoms with Crippen LogP contribution in [-0.2, 0) is 6.54 Å². The second kappa shape index (κ2) is 6.12. The Labute approximate surface area is 104 Å². The van der Waals surface area contributed by atoms with E-state index >= 15 is 0 Å². The summed E-state index contributed by atoms with van der Waals surface area (Å²) in [6.07, 6.45) is 5.19. The second-order valence-electron chi connectivity index (χ2n) is 4.98. The summed E-state index contributed by atoms with van der Waals surface area (Å²) < 4.78 is 0. The SMILES string of the molecule is Cc1cccc(CN2CCCCCC2CN)n1. The molecule has 1 aliphatic rings. The molecule has 1 atom stereocenters. The van der Waals surface area contributed by atoms with Gasteiger partial charge in [-0.1, -0.05) is 18.9 Å². The van der Waals surface area contributed by atoms with Crippen LogP contribution in [0.3, 0.4) is 0 Å². The third-order valence-corrected chi connectivity index (χ3v) is 3.58. The van der Waals surface area contributed by atoms with Gasteiger partial charge in [-0.2, -0.15) is 0 Å². The highest BCUT2D eigenvalue weighted by Gasteiger charge is 2.19. The Morgan fingerprint density at radius 1 is 1.35 bits per heavy atom. The standard InChI is InChI=1S/C14H23N3/c1-12-6-5-7-13(16-12)11-17-9-4-2-3-8-14(17)10-15/h5-7,14H,2-4,8-11,15H2,1H3. The highest BCUT2D eigenvalue weighted by atomic mass is 15.2. The summed E-state index contributed by atoms with van der Waals surface area (Å²) in [5.41, 5.74) is 8.15. The van der Waals surface area contributed by atoms with Crippen molar-refractivity contribution in [3.8, 4) is 0 Å². The number of nitrogens with zero attached hydrogens (tertiary/aromatic N) is 2. The van der Waals surface area contributed by atoms with Gasteiger partial charge in [-0.25, -0.2) is 0 Å². The number of aromatic nitrogens is 1. The lowest BCUT2D eigenvalue weighted by Crippen LogP contribution is -2.39. The van der Waals surface area contributed by atoms with E-state index in [-0.39, 0.29) is 0 Å². The minimum Gasteiger partial charge on any atom is -0.329 e. The first-order valence-corrected chi connectivity index (χ1v) is 6.66. The van der Waals surface area contributed by atoms with Crippen molar-refractivity contribution < 1.29 is 0 Å². The van der Waals surface area contributed by atoms with Crippen molar-refractivity contribution in [2.45, 2.75) is 45.2 Å². The third-order valence-electron chi connectivity index (χ3n) is 3.58. The summed E-state index contributed by atoms with van der Waals surface area (Å²) in [6, 6.07) is 6.80. The molecule has 0 aromatic carbocycles. The quantitative estimate of drug-likeness (QED) is 0.869. The zero-order valence-electron chi connectivity index (χ0n) is 10.7. The number of hydrogen-bond acceptors (Lipinski definition) is 3. The second-order valence-corrected chi connectivity index (χ2v) is 4.98. The predicted octanol–water partition coefficient (Wildman–Crippen LogP) is 2.09. The number of hydrogen-bond donors (Lipinski definition) is 1. The molecule has 2 heterocycles. The van der Waals surface area contributed by atoms with Crippen LogP contribution in [0.25, 0.3) is 0 Å². The van der Waals surface area contributed by atoms with Gasteiger partial charge in [-0.3, -0.25) is 9.88 Å². The average molecular weight is 233 g/mol. The number of rotatable bonds is 3. The van der Waals surface area contributed by atoms with Crippen LogP contribution in [0, 0.1) is 6.92 Å². The smallest absolute Gasteiger partial charge is 0.0547 e. The molecule has 1 aliphatic heterocycles. The Bertz CT molecular complexity index is 351. The molecular weight excluding hydrogens is 210 g/mol. The van der Waals surface area contributed by atoms with Gasteiger partial charge < -0.3 is 5.73 Å². The Morgan fingerprint density at radius 2 is 2.24 bits per heavy atom. The zero-order valence-corrected chi connectivity index (χ0v) is 10.7. The van der Waals surface area contributed by atoms with Crippen molar-refractivity contribution in [2.24, 2.45) is 5.73 Å². The maximum absolute atomic E-state index is 5.88. The Hall–Kier alpha value is -0.930. The molecular formula is C14H23N3. The van der Waals surface area contributed by atoms with E-state index in [2.05, 4.69) is 22.0 Å². The molecule has 94 valence electrons. The van der Waals surface area contributed by atoms with Crippen molar-refractivity contribution in [2.75, 3.05) is 13.1 Å². The first kappa shape index (κ1) is 12.5. The van der Waals surface area contributed by atoms with Gasteiger partial charge in [0.25, 0.3) is 0 Å². The summed E-state index contributed by atoms with van der Waals surface area (Å²) >= 11 is 0. The molecule has 0 saturated carbocycles. The van der Waals surface area contributed by atoms with E-state index in [1.54, 1.807) is 0 Å². The van der Waals surface area contributed by atoms with Gasteiger partial charge in [0.1, 0.15) is 0 Å². The molecule has 3 nitrogen and oxygen atoms in total. The van der Waals surface area contributed by atoms with Crippen molar-refractivity contribution in [1.82, 2.24) is 9.88 Å². The topological polar surface area (TPSA) is 42.1 Å². The number of pyridine rings is 1. The lowest BCUT2D eigenvalue weighted by Gasteiger charge is -2.28. The molecule has 0 aliphatic carbocycles. The molecule has 3 heteroatoms. The van der Waals surface area contributed by atoms with E-state index < -0.39 is 0 Å². The van der Waals surface area contributed by atoms with E-state index in [9.17, 15) is 0 Å². The van der Waals surface area contributed by atoms with Crippen LogP contribution in [0.1, 0.15) is 37.1 Å². The molecule has 2 N–H and O–H groups in total. The van der Waals surface area contributed by atoms with Crippen LogP contribution >= 0.6 is 0 Å². The van der Waals surface area contributed by atoms with Crippen LogP contribution in [0.2, 0.25) is 0 Å². The van der Waals surface area contributed by atoms with Crippen molar-refractivity contribution >= 4 is 0 Å². The maximum atomic E-state index is 5.88. The molecule has 0 amide bonds. The predicted molar refractivity (Wildman–Crippen MR) is 70.7 cm³/mol. The Morgan fingerprint density at radius 3 is 3.00 bits per heavy atom. The summed E-state index contributed by atoms with van der Waals surface area (Å²) in [6.45, 7) is 4.93. The molecule has 1 fully saturated rings. The Balaban J connectivity index is 2.04. The highest BCUT2D eigenvalue weighted by molar-refractivity contribution is 5.10. The molecule has 0 radical (unpaired) electrons. The average Bonchev–Trinajstić information content (AvgIpc) is 2.54. The number of aryl methyl sites for hydroxylation is 1. The van der Waals surface area contributed by atoms with Crippen LogP contribution in [0.4, 0.5) is 0 Å². The molecule has 17 heavy (non-hydrogen) atoms. The van der Waals surface area contributed by atoms with Crippen LogP contribution < -0.4 is 5.73 Å². The monoisotopic (exact) mass is 233 g/mol. The van der Waals surface area contributed by atoms with Gasteiger partial charge in [0.2, 0.25) is 0 Å². The van der Waals surface area contributed by atoms with Gasteiger partial charge in [-0.05, 0) is 38.4 Å². The highest BCUT2D eigenvalue weighted by Crippen LogP contribution is 2.18. The van der Waals surface area contributed by atoms with Crippen LogP contribution in [0.15, 0.2) is 18.2 Å². The molecule has 1 aromatic heterocycles. The normalized spacial score (nSPS) is 22.4. The van der Waals surface area contributed by atoms with Gasteiger partial charge >= 0.3 is 0 Å². The van der Waals surface area contributed by atoms with Crippen LogP contribution in [-0.4, -0.2) is 29.0 Å². The zero-order chi connectivity index (χ0) is 12.1. The maximum Gasteiger partial charge on any atom is 0.0547 e. The van der Waals surface area contributed by atoms with E-state index in [4.69, 9.17) is 5.73 Å². The fraction of sp³-hybridized carbons (Fsp3) is 0.643. The van der Waals surface area contributed by atoms with Gasteiger partial charge in [0.15, 0.2) is 0 Å². The molecule has 2 rings (SSSR count). The lowest BCUT2D eigenvalue weighted by molar-refractivity contribution is 0.193. The summed E-state index contributed by atoms with van der Waals surface area (Å²) in [5, 5.41) is 0. The Kier molecular flexibility index (Phi) is 4.51. The fourth-order valence-corrected chi connectivity index (χ4v) is 2.61. The van der Waals surface area contributed by atoms with Crippen molar-refractivity contribution in [3.63, 3.8) is 0 Å². The lowest BCUT2D eigenvalue weighted by atomic mass is 10.1. The van der Waals surface area contributed by atoms with Crippen LogP contribution in [0.5, 0.6) is 0 Å². The fourth-order valence-electron chi connectivity index (χ4n) is 2.61. The largest absolute Gasteiger partial charge is 0.329 e. The minimum atomic E-state index is 0.541. The molecule has 1 saturated heterocycles. The number of likely N-dealkylation sites (tertiary alicyclic amines) is 1. The first-order valence-electron chi connectivity index (χ1n) is 6.66. The minimum absolute atomic E-state index is 0.541. The van der Waals surface area contributed by atoms with E-state index in [1.165, 1.54) is 31.4 Å². The molecule has 0 spiro atoms.